The molecule has 0 unspecified atom stereocenters. The number of nitrogens with one attached hydrogen (secondary N) is 2. The number of carbonyl (C=O) groups excluding carboxylic acids is 3. The first-order valence-electron chi connectivity index (χ1n) is 13.2. The minimum absolute atomic E-state index is 0. The molecule has 0 bridgehead atoms. The van der Waals surface area contributed by atoms with E-state index in [1.807, 2.05) is 0 Å². The smallest absolute Gasteiger partial charge is 0.744 e. The number of benzene rings is 4. The van der Waals surface area contributed by atoms with E-state index in [1.54, 1.807) is 0 Å². The normalized spacial score (nSPS) is 10.0. The number of hydrogen-bond donors (Lipinski definition) is 4. The number of carboxylic acid groups (broad SMARTS) is 3. The fourth-order valence-corrected chi connectivity index (χ4v) is 4.70. The predicted octanol–water partition coefficient (Wildman–Crippen LogP) is -15.9. The number of aromatic hydroxyl groups is 2. The van der Waals surface area contributed by atoms with Gasteiger partial charge in [-0.15, -0.1) is 18.0 Å². The molecule has 0 fully saturated rings. The number of anilines is 4. The summed E-state index contributed by atoms with van der Waals surface area (Å²) in [4.78, 5) is 44.6. The third-order valence-electron chi connectivity index (χ3n) is 6.17. The van der Waals surface area contributed by atoms with Crippen molar-refractivity contribution in [1.29, 1.82) is 0 Å². The van der Waals surface area contributed by atoms with Crippen LogP contribution in [0.3, 0.4) is 0 Å². The number of carboxylic acids is 3. The van der Waals surface area contributed by atoms with Crippen LogP contribution in [0.25, 0.3) is 10.8 Å². The molecular weight excluding hydrogens is 837 g/mol. The average Bonchev–Trinajstić information content (AvgIpc) is 3.03. The maximum absolute atomic E-state index is 11.9. The quantitative estimate of drug-likeness (QED) is 0.0438. The summed E-state index contributed by atoms with van der Waals surface area (Å²) >= 11 is 0. The van der Waals surface area contributed by atoms with Crippen LogP contribution >= 0.6 is 0 Å². The molecular formula is C28H14N7Na5O14S2. The molecule has 0 amide bonds. The van der Waals surface area contributed by atoms with Gasteiger partial charge in [0.25, 0.3) is 0 Å². The number of rotatable bonds is 10. The van der Waals surface area contributed by atoms with Gasteiger partial charge in [-0.05, 0) is 41.5 Å². The van der Waals surface area contributed by atoms with Gasteiger partial charge in [0.05, 0.1) is 23.6 Å². The molecule has 5 rings (SSSR count). The zero-order chi connectivity index (χ0) is 37.6. The topological polar surface area (TPSA) is 357 Å². The minimum atomic E-state index is -5.08. The SMILES string of the molecule is O=C([O-])c1cc(Nc2nc(O)nc(Nc3cc(S(=O)(=O)[O-])cc4c[c-]c(N=Nc5ccccc5C(=O)[O-])c(O)c34)n2)cc(C(=O)[O-])c1.O=S(=O)=O.[Na+].[Na+].[Na+].[Na+].[Na+]. The summed E-state index contributed by atoms with van der Waals surface area (Å²) < 4.78 is 61.1. The van der Waals surface area contributed by atoms with Crippen LogP contribution in [0.4, 0.5) is 34.6 Å². The van der Waals surface area contributed by atoms with Crippen molar-refractivity contribution in [3.05, 3.63) is 83.4 Å². The fourth-order valence-electron chi connectivity index (χ4n) is 4.17. The first-order chi connectivity index (χ1) is 23.9. The second kappa shape index (κ2) is 24.7. The van der Waals surface area contributed by atoms with Crippen LogP contribution in [0.5, 0.6) is 11.8 Å². The zero-order valence-electron chi connectivity index (χ0n) is 29.6. The van der Waals surface area contributed by atoms with Crippen molar-refractivity contribution in [2.24, 2.45) is 10.2 Å². The summed E-state index contributed by atoms with van der Waals surface area (Å²) in [6.45, 7) is 0. The van der Waals surface area contributed by atoms with Crippen LogP contribution in [-0.2, 0) is 20.7 Å². The molecule has 0 saturated heterocycles. The molecule has 5 aromatic rings. The van der Waals surface area contributed by atoms with E-state index in [-0.39, 0.29) is 187 Å². The Bertz CT molecular complexity index is 2480. The second-order valence-electron chi connectivity index (χ2n) is 9.49. The summed E-state index contributed by atoms with van der Waals surface area (Å²) in [5.74, 6) is -6.62. The first-order valence-corrected chi connectivity index (χ1v) is 15.6. The number of aromatic carboxylic acids is 3. The largest absolute Gasteiger partial charge is 1.00 e. The molecule has 0 radical (unpaired) electrons. The molecule has 4 aromatic carbocycles. The van der Waals surface area contributed by atoms with Gasteiger partial charge in [0.2, 0.25) is 11.9 Å². The van der Waals surface area contributed by atoms with Crippen molar-refractivity contribution in [1.82, 2.24) is 15.0 Å². The Morgan fingerprint density at radius 2 is 1.29 bits per heavy atom. The number of hydrogen-bond acceptors (Lipinski definition) is 21. The van der Waals surface area contributed by atoms with Crippen LogP contribution in [0.2, 0.25) is 0 Å². The molecule has 0 aliphatic rings. The number of carbonyl (C=O) groups is 3. The number of phenols is 1. The van der Waals surface area contributed by atoms with Gasteiger partial charge in [-0.1, -0.05) is 29.7 Å². The second-order valence-corrected chi connectivity index (χ2v) is 11.3. The third kappa shape index (κ3) is 15.6. The Hall–Kier alpha value is -2.11. The Balaban J connectivity index is 0. The van der Waals surface area contributed by atoms with E-state index in [2.05, 4.69) is 41.9 Å². The van der Waals surface area contributed by atoms with Gasteiger partial charge in [0, 0.05) is 33.3 Å². The third-order valence-corrected chi connectivity index (χ3v) is 6.98. The van der Waals surface area contributed by atoms with Gasteiger partial charge in [-0.2, -0.15) is 37.3 Å². The van der Waals surface area contributed by atoms with Gasteiger partial charge in [0.1, 0.15) is 10.1 Å². The number of nitrogens with zero attached hydrogens (tertiary/aromatic N) is 5. The Morgan fingerprint density at radius 1 is 0.750 bits per heavy atom. The number of phenolic OH excluding ortho intramolecular Hbond substituents is 1. The van der Waals surface area contributed by atoms with Gasteiger partial charge in [-0.3, -0.25) is 0 Å². The molecule has 0 aliphatic heterocycles. The molecule has 21 nitrogen and oxygen atoms in total. The Labute approximate surface area is 427 Å². The van der Waals surface area contributed by atoms with Gasteiger partial charge in [-0.25, -0.2) is 8.42 Å². The van der Waals surface area contributed by atoms with Gasteiger partial charge < -0.3 is 55.1 Å². The van der Waals surface area contributed by atoms with E-state index < -0.39 is 78.3 Å². The van der Waals surface area contributed by atoms with Crippen LogP contribution in [0, 0.1) is 6.07 Å². The van der Waals surface area contributed by atoms with Crippen molar-refractivity contribution < 1.29 is 213 Å². The summed E-state index contributed by atoms with van der Waals surface area (Å²) in [6.07, 6.45) is 0. The minimum Gasteiger partial charge on any atom is -0.744 e. The number of fused-ring (bicyclic) bond motifs is 1. The molecule has 1 heterocycles. The fraction of sp³-hybridized carbons (Fsp3) is 0. The van der Waals surface area contributed by atoms with E-state index in [9.17, 15) is 52.9 Å². The molecule has 0 aliphatic carbocycles. The molecule has 1 aromatic heterocycles. The Morgan fingerprint density at radius 3 is 1.80 bits per heavy atom. The van der Waals surface area contributed by atoms with E-state index in [1.165, 1.54) is 24.3 Å². The monoisotopic (exact) mass is 851 g/mol. The summed E-state index contributed by atoms with van der Waals surface area (Å²) in [5.41, 5.74) is -2.36. The molecule has 0 spiro atoms. The van der Waals surface area contributed by atoms with Crippen LogP contribution in [0.15, 0.2) is 75.8 Å². The van der Waals surface area contributed by atoms with E-state index in [4.69, 9.17) is 12.6 Å². The standard InChI is InChI=1S/C28H18N7O11S.5Na.O3S/c36-22-19(35-34-18-4-2-1-3-17(18)25(41)42)6-5-12-10-16(47(44,45)46)11-20(21(12)22)30-27-31-26(32-28(43)33-27)29-15-8-13(23(37)38)7-14(9-15)24(39)40;;;;;;1-4(2)3/h1-5,7-11,36H,(H,37,38)(H,39,40)(H,41,42)(H,44,45,46)(H3,29,30,31,32,33,43);;;;;;/q-1;5*+1;/p-4. The van der Waals surface area contributed by atoms with Gasteiger partial charge >= 0.3 is 164 Å². The molecule has 262 valence electrons. The summed E-state index contributed by atoms with van der Waals surface area (Å²) in [6, 6.07) is 12.7. The van der Waals surface area contributed by atoms with Crippen LogP contribution < -0.4 is 174 Å². The maximum atomic E-state index is 11.9. The van der Waals surface area contributed by atoms with Crippen LogP contribution in [-0.4, -0.2) is 68.7 Å². The van der Waals surface area contributed by atoms with E-state index >= 15 is 0 Å². The summed E-state index contributed by atoms with van der Waals surface area (Å²) in [5, 5.41) is 67.8. The first kappa shape index (κ1) is 56.0. The molecule has 28 heteroatoms. The van der Waals surface area contributed by atoms with Crippen molar-refractivity contribution in [2.45, 2.75) is 4.90 Å². The zero-order valence-corrected chi connectivity index (χ0v) is 41.3. The number of aromatic nitrogens is 3. The number of azo groups is 1. The molecule has 0 atom stereocenters. The van der Waals surface area contributed by atoms with Crippen molar-refractivity contribution in [2.75, 3.05) is 10.6 Å². The van der Waals surface area contributed by atoms with Gasteiger partial charge in [0.15, 0.2) is 0 Å². The summed E-state index contributed by atoms with van der Waals surface area (Å²) in [7, 11) is -8.19. The average molecular weight is 852 g/mol. The predicted molar refractivity (Wildman–Crippen MR) is 160 cm³/mol. The van der Waals surface area contributed by atoms with Crippen molar-refractivity contribution >= 4 is 84.1 Å². The molecule has 56 heavy (non-hydrogen) atoms. The van der Waals surface area contributed by atoms with E-state index in [0.717, 1.165) is 36.4 Å². The Kier molecular flexibility index (Phi) is 24.7. The van der Waals surface area contributed by atoms with Crippen molar-refractivity contribution in [3.63, 3.8) is 0 Å². The van der Waals surface area contributed by atoms with Crippen molar-refractivity contribution in [3.8, 4) is 11.8 Å². The van der Waals surface area contributed by atoms with E-state index in [0.29, 0.717) is 0 Å². The van der Waals surface area contributed by atoms with Crippen LogP contribution in [0.1, 0.15) is 31.1 Å². The molecule has 0 saturated carbocycles. The maximum Gasteiger partial charge on any atom is 1.00 e. The molecule has 4 N–H and O–H groups in total.